The Balaban J connectivity index is 1.65. The molecule has 1 aliphatic rings. The number of hydrogen-bond donors (Lipinski definition) is 0. The molecular weight excluding hydrogens is 370 g/mol. The number of benzene rings is 2. The van der Waals surface area contributed by atoms with E-state index in [0.29, 0.717) is 19.8 Å². The Morgan fingerprint density at radius 2 is 1.93 bits per heavy atom. The molecule has 0 N–H and O–H groups in total. The fourth-order valence-corrected chi connectivity index (χ4v) is 4.54. The standard InChI is InChI=1S/C23H23NO3S/c1-3-13-24(17-9-11-18(12-10-17)26-4-2)23(25)21-14-16-15-27-20-8-6-5-7-19(20)22(16)28-21/h5-12,14H,3-4,13,15H2,1-2H3. The Kier molecular flexibility index (Phi) is 5.35. The van der Waals surface area contributed by atoms with Gasteiger partial charge in [-0.3, -0.25) is 4.79 Å². The molecule has 0 saturated heterocycles. The molecule has 0 aliphatic carbocycles. The molecule has 0 saturated carbocycles. The van der Waals surface area contributed by atoms with Crippen molar-refractivity contribution in [1.29, 1.82) is 0 Å². The van der Waals surface area contributed by atoms with E-state index in [1.165, 1.54) is 0 Å². The number of para-hydroxylation sites is 1. The zero-order valence-electron chi connectivity index (χ0n) is 16.1. The van der Waals surface area contributed by atoms with Crippen molar-refractivity contribution in [1.82, 2.24) is 0 Å². The molecule has 0 spiro atoms. The number of hydrogen-bond acceptors (Lipinski definition) is 4. The summed E-state index contributed by atoms with van der Waals surface area (Å²) in [5.74, 6) is 1.73. The molecule has 1 amide bonds. The quantitative estimate of drug-likeness (QED) is 0.534. The van der Waals surface area contributed by atoms with Gasteiger partial charge in [0.2, 0.25) is 0 Å². The molecule has 0 bridgehead atoms. The number of rotatable bonds is 6. The van der Waals surface area contributed by atoms with E-state index in [9.17, 15) is 4.79 Å². The van der Waals surface area contributed by atoms with Gasteiger partial charge >= 0.3 is 0 Å². The van der Waals surface area contributed by atoms with Crippen LogP contribution >= 0.6 is 11.3 Å². The van der Waals surface area contributed by atoms with Gasteiger partial charge in [-0.15, -0.1) is 11.3 Å². The topological polar surface area (TPSA) is 38.8 Å². The summed E-state index contributed by atoms with van der Waals surface area (Å²) in [4.78, 5) is 17.1. The molecule has 28 heavy (non-hydrogen) atoms. The number of carbonyl (C=O) groups excluding carboxylic acids is 1. The number of nitrogens with zero attached hydrogens (tertiary/aromatic N) is 1. The van der Waals surface area contributed by atoms with Gasteiger partial charge in [0.1, 0.15) is 18.1 Å². The number of carbonyl (C=O) groups is 1. The molecule has 1 aromatic heterocycles. The minimum atomic E-state index is 0.0305. The maximum atomic E-state index is 13.3. The summed E-state index contributed by atoms with van der Waals surface area (Å²) in [6.45, 7) is 5.84. The van der Waals surface area contributed by atoms with Crippen LogP contribution in [-0.2, 0) is 6.61 Å². The molecule has 2 heterocycles. The summed E-state index contributed by atoms with van der Waals surface area (Å²) in [6.07, 6.45) is 0.885. The van der Waals surface area contributed by atoms with Crippen molar-refractivity contribution in [2.45, 2.75) is 26.9 Å². The van der Waals surface area contributed by atoms with Crippen LogP contribution in [0.3, 0.4) is 0 Å². The summed E-state index contributed by atoms with van der Waals surface area (Å²) >= 11 is 1.55. The van der Waals surface area contributed by atoms with Crippen LogP contribution < -0.4 is 14.4 Å². The molecule has 144 valence electrons. The van der Waals surface area contributed by atoms with Crippen molar-refractivity contribution in [3.63, 3.8) is 0 Å². The predicted molar refractivity (Wildman–Crippen MR) is 114 cm³/mol. The van der Waals surface area contributed by atoms with Gasteiger partial charge in [-0.1, -0.05) is 19.1 Å². The third kappa shape index (κ3) is 3.50. The monoisotopic (exact) mass is 393 g/mol. The van der Waals surface area contributed by atoms with Crippen LogP contribution in [0.1, 0.15) is 35.5 Å². The lowest BCUT2D eigenvalue weighted by Crippen LogP contribution is -2.31. The second kappa shape index (κ2) is 8.07. The lowest BCUT2D eigenvalue weighted by Gasteiger charge is -2.22. The van der Waals surface area contributed by atoms with Crippen molar-refractivity contribution in [2.24, 2.45) is 0 Å². The van der Waals surface area contributed by atoms with Crippen molar-refractivity contribution in [2.75, 3.05) is 18.1 Å². The SMILES string of the molecule is CCCN(C(=O)c1cc2c(s1)-c1ccccc1OC2)c1ccc(OCC)cc1. The molecule has 0 fully saturated rings. The van der Waals surface area contributed by atoms with E-state index in [2.05, 4.69) is 6.92 Å². The predicted octanol–water partition coefficient (Wildman–Crippen LogP) is 5.76. The van der Waals surface area contributed by atoms with Crippen LogP contribution in [0.4, 0.5) is 5.69 Å². The summed E-state index contributed by atoms with van der Waals surface area (Å²) in [5.41, 5.74) is 3.03. The first-order valence-electron chi connectivity index (χ1n) is 9.61. The maximum Gasteiger partial charge on any atom is 0.268 e. The number of thiophene rings is 1. The second-order valence-electron chi connectivity index (χ2n) is 6.63. The first-order chi connectivity index (χ1) is 13.7. The summed E-state index contributed by atoms with van der Waals surface area (Å²) in [5, 5.41) is 0. The Morgan fingerprint density at radius 1 is 1.14 bits per heavy atom. The fraction of sp³-hybridized carbons (Fsp3) is 0.261. The van der Waals surface area contributed by atoms with Gasteiger partial charge in [0.15, 0.2) is 0 Å². The lowest BCUT2D eigenvalue weighted by atomic mass is 10.1. The average molecular weight is 394 g/mol. The van der Waals surface area contributed by atoms with E-state index in [0.717, 1.165) is 44.5 Å². The smallest absolute Gasteiger partial charge is 0.268 e. The van der Waals surface area contributed by atoms with Crippen LogP contribution in [0.25, 0.3) is 10.4 Å². The Morgan fingerprint density at radius 3 is 2.68 bits per heavy atom. The van der Waals surface area contributed by atoms with Gasteiger partial charge in [0, 0.05) is 28.2 Å². The zero-order valence-corrected chi connectivity index (χ0v) is 16.9. The van der Waals surface area contributed by atoms with E-state index >= 15 is 0 Å². The van der Waals surface area contributed by atoms with Crippen LogP contribution in [0.2, 0.25) is 0 Å². The molecule has 1 aliphatic heterocycles. The highest BCUT2D eigenvalue weighted by molar-refractivity contribution is 7.17. The number of ether oxygens (including phenoxy) is 2. The Hall–Kier alpha value is -2.79. The lowest BCUT2D eigenvalue weighted by molar-refractivity contribution is 0.0990. The Bertz CT molecular complexity index is 978. The van der Waals surface area contributed by atoms with Crippen LogP contribution in [-0.4, -0.2) is 19.1 Å². The van der Waals surface area contributed by atoms with E-state index in [-0.39, 0.29) is 5.91 Å². The third-order valence-electron chi connectivity index (χ3n) is 4.69. The zero-order chi connectivity index (χ0) is 19.5. The van der Waals surface area contributed by atoms with Crippen LogP contribution in [0, 0.1) is 0 Å². The van der Waals surface area contributed by atoms with Crippen molar-refractivity contribution in [3.8, 4) is 21.9 Å². The highest BCUT2D eigenvalue weighted by Crippen LogP contribution is 2.42. The van der Waals surface area contributed by atoms with E-state index < -0.39 is 0 Å². The van der Waals surface area contributed by atoms with Gasteiger partial charge in [-0.2, -0.15) is 0 Å². The highest BCUT2D eigenvalue weighted by atomic mass is 32.1. The van der Waals surface area contributed by atoms with E-state index in [4.69, 9.17) is 9.47 Å². The van der Waals surface area contributed by atoms with Gasteiger partial charge in [0.05, 0.1) is 11.5 Å². The summed E-state index contributed by atoms with van der Waals surface area (Å²) in [7, 11) is 0. The minimum absolute atomic E-state index is 0.0305. The fourth-order valence-electron chi connectivity index (χ4n) is 3.40. The molecule has 0 atom stereocenters. The first kappa shape index (κ1) is 18.6. The molecular formula is C23H23NO3S. The maximum absolute atomic E-state index is 13.3. The van der Waals surface area contributed by atoms with Gasteiger partial charge in [-0.25, -0.2) is 0 Å². The van der Waals surface area contributed by atoms with E-state index in [1.807, 2.05) is 66.4 Å². The third-order valence-corrected chi connectivity index (χ3v) is 5.89. The van der Waals surface area contributed by atoms with Crippen LogP contribution in [0.5, 0.6) is 11.5 Å². The van der Waals surface area contributed by atoms with Crippen molar-refractivity contribution in [3.05, 3.63) is 65.0 Å². The van der Waals surface area contributed by atoms with E-state index in [1.54, 1.807) is 11.3 Å². The Labute approximate surface area is 169 Å². The first-order valence-corrected chi connectivity index (χ1v) is 10.4. The van der Waals surface area contributed by atoms with Crippen molar-refractivity contribution < 1.29 is 14.3 Å². The number of amides is 1. The van der Waals surface area contributed by atoms with Gasteiger partial charge in [0.25, 0.3) is 5.91 Å². The van der Waals surface area contributed by atoms with Gasteiger partial charge in [-0.05, 0) is 55.8 Å². The van der Waals surface area contributed by atoms with Crippen molar-refractivity contribution >= 4 is 22.9 Å². The largest absolute Gasteiger partial charge is 0.494 e. The molecule has 0 radical (unpaired) electrons. The summed E-state index contributed by atoms with van der Waals surface area (Å²) in [6, 6.07) is 17.7. The molecule has 4 rings (SSSR count). The normalized spacial score (nSPS) is 11.9. The molecule has 0 unspecified atom stereocenters. The molecule has 2 aromatic carbocycles. The molecule has 3 aromatic rings. The van der Waals surface area contributed by atoms with Crippen LogP contribution in [0.15, 0.2) is 54.6 Å². The number of fused-ring (bicyclic) bond motifs is 3. The highest BCUT2D eigenvalue weighted by Gasteiger charge is 2.25. The molecule has 4 nitrogen and oxygen atoms in total. The summed E-state index contributed by atoms with van der Waals surface area (Å²) < 4.78 is 11.4. The minimum Gasteiger partial charge on any atom is -0.494 e. The van der Waals surface area contributed by atoms with Gasteiger partial charge < -0.3 is 14.4 Å². The average Bonchev–Trinajstić information content (AvgIpc) is 3.17. The molecule has 5 heteroatoms. The number of anilines is 1. The second-order valence-corrected chi connectivity index (χ2v) is 7.69.